The molecule has 0 aromatic heterocycles. The lowest BCUT2D eigenvalue weighted by Crippen LogP contribution is -2.45. The minimum atomic E-state index is 0.481. The summed E-state index contributed by atoms with van der Waals surface area (Å²) in [5.74, 6) is 0.857. The van der Waals surface area contributed by atoms with E-state index in [-0.39, 0.29) is 0 Å². The van der Waals surface area contributed by atoms with Crippen LogP contribution in [0.3, 0.4) is 0 Å². The smallest absolute Gasteiger partial charge is 0.0159 e. The van der Waals surface area contributed by atoms with Gasteiger partial charge in [0.05, 0.1) is 0 Å². The summed E-state index contributed by atoms with van der Waals surface area (Å²) in [4.78, 5) is 2.71. The number of hydrogen-bond donors (Lipinski definition) is 1. The predicted molar refractivity (Wildman–Crippen MR) is 83.4 cm³/mol. The molecule has 2 fully saturated rings. The van der Waals surface area contributed by atoms with Gasteiger partial charge >= 0.3 is 0 Å². The van der Waals surface area contributed by atoms with Gasteiger partial charge in [-0.05, 0) is 55.5 Å². The Morgan fingerprint density at radius 3 is 2.47 bits per heavy atom. The molecule has 1 heterocycles. The summed E-state index contributed by atoms with van der Waals surface area (Å²) in [6.07, 6.45) is 5.41. The molecule has 112 valence electrons. The van der Waals surface area contributed by atoms with Gasteiger partial charge in [0.1, 0.15) is 0 Å². The van der Waals surface area contributed by atoms with E-state index in [0.717, 1.165) is 12.0 Å². The van der Waals surface area contributed by atoms with E-state index in [0.29, 0.717) is 10.8 Å². The molecule has 19 heavy (non-hydrogen) atoms. The standard InChI is InChI=1S/C17H34N2/c1-6-10-18-15-14(7-8-17(15,4)5)12-19-11-9-16(2,3)13-19/h14-15,18H,6-13H2,1-5H3. The quantitative estimate of drug-likeness (QED) is 0.819. The summed E-state index contributed by atoms with van der Waals surface area (Å²) in [6.45, 7) is 17.1. The van der Waals surface area contributed by atoms with Crippen LogP contribution < -0.4 is 5.32 Å². The SMILES string of the molecule is CCCNC1C(CN2CCC(C)(C)C2)CCC1(C)C. The molecule has 2 aliphatic rings. The number of hydrogen-bond acceptors (Lipinski definition) is 2. The van der Waals surface area contributed by atoms with Crippen molar-refractivity contribution >= 4 is 0 Å². The zero-order valence-electron chi connectivity index (χ0n) is 13.8. The van der Waals surface area contributed by atoms with Crippen molar-refractivity contribution in [2.75, 3.05) is 26.2 Å². The Kier molecular flexibility index (Phi) is 4.62. The number of rotatable bonds is 5. The molecule has 2 rings (SSSR count). The fraction of sp³-hybridized carbons (Fsp3) is 1.00. The normalized spacial score (nSPS) is 33.9. The topological polar surface area (TPSA) is 15.3 Å². The van der Waals surface area contributed by atoms with Crippen LogP contribution in [0, 0.1) is 16.7 Å². The lowest BCUT2D eigenvalue weighted by Gasteiger charge is -2.34. The van der Waals surface area contributed by atoms with E-state index in [2.05, 4.69) is 44.8 Å². The van der Waals surface area contributed by atoms with Crippen LogP contribution in [-0.2, 0) is 0 Å². The Bertz CT molecular complexity index is 296. The molecule has 2 unspecified atom stereocenters. The minimum absolute atomic E-state index is 0.481. The number of nitrogens with zero attached hydrogens (tertiary/aromatic N) is 1. The Morgan fingerprint density at radius 2 is 1.89 bits per heavy atom. The van der Waals surface area contributed by atoms with E-state index in [1.807, 2.05) is 0 Å². The summed E-state index contributed by atoms with van der Waals surface area (Å²) < 4.78 is 0. The van der Waals surface area contributed by atoms with Crippen LogP contribution in [0.1, 0.15) is 60.3 Å². The van der Waals surface area contributed by atoms with Gasteiger partial charge in [0.15, 0.2) is 0 Å². The number of nitrogens with one attached hydrogen (secondary N) is 1. The van der Waals surface area contributed by atoms with Crippen molar-refractivity contribution in [2.24, 2.45) is 16.7 Å². The van der Waals surface area contributed by atoms with E-state index in [9.17, 15) is 0 Å². The van der Waals surface area contributed by atoms with E-state index in [1.165, 1.54) is 51.9 Å². The van der Waals surface area contributed by atoms with Crippen LogP contribution in [0.25, 0.3) is 0 Å². The summed E-state index contributed by atoms with van der Waals surface area (Å²) in [7, 11) is 0. The highest BCUT2D eigenvalue weighted by molar-refractivity contribution is 4.98. The fourth-order valence-corrected chi connectivity index (χ4v) is 4.17. The van der Waals surface area contributed by atoms with Crippen molar-refractivity contribution < 1.29 is 0 Å². The first-order valence-corrected chi connectivity index (χ1v) is 8.30. The largest absolute Gasteiger partial charge is 0.313 e. The van der Waals surface area contributed by atoms with Gasteiger partial charge in [-0.15, -0.1) is 0 Å². The first-order chi connectivity index (χ1) is 8.84. The van der Waals surface area contributed by atoms with Gasteiger partial charge in [0.2, 0.25) is 0 Å². The molecule has 2 heteroatoms. The Balaban J connectivity index is 1.92. The highest BCUT2D eigenvalue weighted by atomic mass is 15.2. The van der Waals surface area contributed by atoms with Crippen molar-refractivity contribution in [3.8, 4) is 0 Å². The zero-order chi connectivity index (χ0) is 14.1. The monoisotopic (exact) mass is 266 g/mol. The van der Waals surface area contributed by atoms with Crippen LogP contribution in [0.4, 0.5) is 0 Å². The van der Waals surface area contributed by atoms with Crippen LogP contribution in [-0.4, -0.2) is 37.1 Å². The minimum Gasteiger partial charge on any atom is -0.313 e. The highest BCUT2D eigenvalue weighted by Crippen LogP contribution is 2.42. The maximum Gasteiger partial charge on any atom is 0.0159 e. The van der Waals surface area contributed by atoms with Gasteiger partial charge in [-0.2, -0.15) is 0 Å². The van der Waals surface area contributed by atoms with Crippen LogP contribution in [0.15, 0.2) is 0 Å². The lowest BCUT2D eigenvalue weighted by atomic mass is 9.84. The van der Waals surface area contributed by atoms with E-state index in [4.69, 9.17) is 0 Å². The summed E-state index contributed by atoms with van der Waals surface area (Å²) in [6, 6.07) is 0.719. The molecule has 1 saturated carbocycles. The van der Waals surface area contributed by atoms with Crippen molar-refractivity contribution in [1.29, 1.82) is 0 Å². The van der Waals surface area contributed by atoms with Gasteiger partial charge < -0.3 is 10.2 Å². The number of likely N-dealkylation sites (tertiary alicyclic amines) is 1. The third kappa shape index (κ3) is 3.72. The molecule has 0 aromatic rings. The highest BCUT2D eigenvalue weighted by Gasteiger charge is 2.42. The molecule has 1 aliphatic carbocycles. The fourth-order valence-electron chi connectivity index (χ4n) is 4.17. The molecular formula is C17H34N2. The molecule has 1 N–H and O–H groups in total. The average Bonchev–Trinajstić information content (AvgIpc) is 2.78. The molecule has 0 spiro atoms. The Labute approximate surface area is 120 Å². The van der Waals surface area contributed by atoms with Crippen molar-refractivity contribution in [3.05, 3.63) is 0 Å². The zero-order valence-corrected chi connectivity index (χ0v) is 13.8. The average molecular weight is 266 g/mol. The predicted octanol–water partition coefficient (Wildman–Crippen LogP) is 3.52. The summed E-state index contributed by atoms with van der Waals surface area (Å²) in [5, 5.41) is 3.84. The molecule has 0 bridgehead atoms. The molecule has 0 amide bonds. The molecule has 0 aromatic carbocycles. The molecule has 2 atom stereocenters. The maximum absolute atomic E-state index is 3.84. The lowest BCUT2D eigenvalue weighted by molar-refractivity contribution is 0.194. The van der Waals surface area contributed by atoms with Gasteiger partial charge in [-0.25, -0.2) is 0 Å². The van der Waals surface area contributed by atoms with E-state index >= 15 is 0 Å². The van der Waals surface area contributed by atoms with Crippen LogP contribution in [0.2, 0.25) is 0 Å². The first-order valence-electron chi connectivity index (χ1n) is 8.30. The molecule has 2 nitrogen and oxygen atoms in total. The van der Waals surface area contributed by atoms with Gasteiger partial charge in [0, 0.05) is 19.1 Å². The van der Waals surface area contributed by atoms with Crippen molar-refractivity contribution in [3.63, 3.8) is 0 Å². The van der Waals surface area contributed by atoms with Crippen molar-refractivity contribution in [2.45, 2.75) is 66.3 Å². The summed E-state index contributed by atoms with van der Waals surface area (Å²) in [5.41, 5.74) is 1.02. The second-order valence-corrected chi connectivity index (χ2v) is 8.37. The molecule has 0 radical (unpaired) electrons. The van der Waals surface area contributed by atoms with E-state index in [1.54, 1.807) is 0 Å². The van der Waals surface area contributed by atoms with Crippen LogP contribution in [0.5, 0.6) is 0 Å². The first kappa shape index (κ1) is 15.3. The molecule has 1 saturated heterocycles. The Hall–Kier alpha value is -0.0800. The van der Waals surface area contributed by atoms with Gasteiger partial charge in [0.25, 0.3) is 0 Å². The Morgan fingerprint density at radius 1 is 1.16 bits per heavy atom. The van der Waals surface area contributed by atoms with E-state index < -0.39 is 0 Å². The maximum atomic E-state index is 3.84. The molecular weight excluding hydrogens is 232 g/mol. The third-order valence-electron chi connectivity index (χ3n) is 5.34. The van der Waals surface area contributed by atoms with Crippen molar-refractivity contribution in [1.82, 2.24) is 10.2 Å². The third-order valence-corrected chi connectivity index (χ3v) is 5.34. The summed E-state index contributed by atoms with van der Waals surface area (Å²) >= 11 is 0. The molecule has 1 aliphatic heterocycles. The van der Waals surface area contributed by atoms with Crippen LogP contribution >= 0.6 is 0 Å². The second-order valence-electron chi connectivity index (χ2n) is 8.37. The second kappa shape index (κ2) is 5.73. The van der Waals surface area contributed by atoms with Gasteiger partial charge in [-0.1, -0.05) is 34.6 Å². The van der Waals surface area contributed by atoms with Gasteiger partial charge in [-0.3, -0.25) is 0 Å².